The number of carbonyl (C=O) groups is 1. The number of fused-ring (bicyclic) bond motifs is 1. The zero-order chi connectivity index (χ0) is 23.3. The number of hydrogen-bond donors (Lipinski definition) is 2. The molecule has 1 aliphatic rings. The lowest BCUT2D eigenvalue weighted by Gasteiger charge is -2.24. The third-order valence-electron chi connectivity index (χ3n) is 5.25. The third kappa shape index (κ3) is 5.52. The zero-order valence-electron chi connectivity index (χ0n) is 18.9. The summed E-state index contributed by atoms with van der Waals surface area (Å²) in [5.74, 6) is 1.50. The SMILES string of the molecule is CC(C)C(NC(=O)NCc1ccccc1S(=O)(=O)N(C)C)c1ccc2c(c1)OCCCO2. The Balaban J connectivity index is 1.72. The minimum atomic E-state index is -3.61. The molecule has 0 saturated heterocycles. The lowest BCUT2D eigenvalue weighted by molar-refractivity contribution is 0.232. The van der Waals surface area contributed by atoms with E-state index < -0.39 is 10.0 Å². The Morgan fingerprint density at radius 3 is 2.44 bits per heavy atom. The summed E-state index contributed by atoms with van der Waals surface area (Å²) in [6.45, 7) is 5.33. The highest BCUT2D eigenvalue weighted by molar-refractivity contribution is 7.89. The summed E-state index contributed by atoms with van der Waals surface area (Å²) in [5.41, 5.74) is 1.43. The second kappa shape index (κ2) is 10.2. The summed E-state index contributed by atoms with van der Waals surface area (Å²) in [5, 5.41) is 5.79. The van der Waals surface area contributed by atoms with Crippen LogP contribution in [-0.2, 0) is 16.6 Å². The molecular formula is C23H31N3O5S. The summed E-state index contributed by atoms with van der Waals surface area (Å²) in [6.07, 6.45) is 0.823. The van der Waals surface area contributed by atoms with Crippen molar-refractivity contribution in [3.63, 3.8) is 0 Å². The average Bonchev–Trinajstić information content (AvgIpc) is 3.00. The van der Waals surface area contributed by atoms with Crippen molar-refractivity contribution in [1.29, 1.82) is 0 Å². The number of carbonyl (C=O) groups excluding carboxylic acids is 1. The lowest BCUT2D eigenvalue weighted by Crippen LogP contribution is -2.39. The maximum Gasteiger partial charge on any atom is 0.315 e. The van der Waals surface area contributed by atoms with Gasteiger partial charge in [0.1, 0.15) is 0 Å². The second-order valence-electron chi connectivity index (χ2n) is 8.20. The first-order chi connectivity index (χ1) is 15.2. The van der Waals surface area contributed by atoms with E-state index in [1.165, 1.54) is 14.1 Å². The van der Waals surface area contributed by atoms with Crippen LogP contribution < -0.4 is 20.1 Å². The van der Waals surface area contributed by atoms with E-state index in [0.717, 1.165) is 16.3 Å². The summed E-state index contributed by atoms with van der Waals surface area (Å²) >= 11 is 0. The van der Waals surface area contributed by atoms with Gasteiger partial charge in [0.25, 0.3) is 0 Å². The molecule has 0 fully saturated rings. The van der Waals surface area contributed by atoms with Gasteiger partial charge in [-0.1, -0.05) is 38.1 Å². The Morgan fingerprint density at radius 1 is 1.06 bits per heavy atom. The van der Waals surface area contributed by atoms with Crippen molar-refractivity contribution in [2.45, 2.75) is 37.8 Å². The molecule has 0 aliphatic carbocycles. The summed E-state index contributed by atoms with van der Waals surface area (Å²) in [4.78, 5) is 12.9. The Morgan fingerprint density at radius 2 is 1.75 bits per heavy atom. The molecule has 2 aromatic rings. The minimum Gasteiger partial charge on any atom is -0.490 e. The number of urea groups is 1. The van der Waals surface area contributed by atoms with Gasteiger partial charge in [0.2, 0.25) is 10.0 Å². The number of rotatable bonds is 7. The zero-order valence-corrected chi connectivity index (χ0v) is 19.7. The molecule has 2 amide bonds. The van der Waals surface area contributed by atoms with E-state index in [1.807, 2.05) is 32.0 Å². The van der Waals surface area contributed by atoms with Crippen LogP contribution >= 0.6 is 0 Å². The van der Waals surface area contributed by atoms with Gasteiger partial charge < -0.3 is 20.1 Å². The first-order valence-electron chi connectivity index (χ1n) is 10.6. The molecule has 3 rings (SSSR count). The molecule has 0 aromatic heterocycles. The molecule has 9 heteroatoms. The molecule has 1 aliphatic heterocycles. The topological polar surface area (TPSA) is 97.0 Å². The molecule has 0 bridgehead atoms. The average molecular weight is 462 g/mol. The number of nitrogens with one attached hydrogen (secondary N) is 2. The molecule has 2 aromatic carbocycles. The van der Waals surface area contributed by atoms with Crippen LogP contribution in [-0.4, -0.2) is 46.1 Å². The van der Waals surface area contributed by atoms with Gasteiger partial charge in [-0.05, 0) is 35.2 Å². The number of ether oxygens (including phenoxy) is 2. The summed E-state index contributed by atoms with van der Waals surface area (Å²) in [7, 11) is -0.649. The molecular weight excluding hydrogens is 430 g/mol. The fraction of sp³-hybridized carbons (Fsp3) is 0.435. The van der Waals surface area contributed by atoms with Gasteiger partial charge in [-0.3, -0.25) is 0 Å². The van der Waals surface area contributed by atoms with Gasteiger partial charge >= 0.3 is 6.03 Å². The predicted molar refractivity (Wildman–Crippen MR) is 122 cm³/mol. The van der Waals surface area contributed by atoms with E-state index in [2.05, 4.69) is 10.6 Å². The summed E-state index contributed by atoms with van der Waals surface area (Å²) < 4.78 is 37.8. The number of sulfonamides is 1. The molecule has 0 radical (unpaired) electrons. The maximum atomic E-state index is 12.7. The van der Waals surface area contributed by atoms with Crippen molar-refractivity contribution in [2.75, 3.05) is 27.3 Å². The Kier molecular flexibility index (Phi) is 7.63. The van der Waals surface area contributed by atoms with Crippen LogP contribution in [0.1, 0.15) is 37.4 Å². The van der Waals surface area contributed by atoms with E-state index >= 15 is 0 Å². The van der Waals surface area contributed by atoms with E-state index in [1.54, 1.807) is 24.3 Å². The summed E-state index contributed by atoms with van der Waals surface area (Å²) in [6, 6.07) is 11.7. The van der Waals surface area contributed by atoms with Gasteiger partial charge in [0.15, 0.2) is 11.5 Å². The van der Waals surface area contributed by atoms with Crippen LogP contribution in [0.4, 0.5) is 4.79 Å². The molecule has 0 saturated carbocycles. The van der Waals surface area contributed by atoms with E-state index in [0.29, 0.717) is 30.3 Å². The fourth-order valence-electron chi connectivity index (χ4n) is 3.47. The Hall–Kier alpha value is -2.78. The number of amides is 2. The second-order valence-corrected chi connectivity index (χ2v) is 10.3. The standard InChI is InChI=1S/C23H31N3O5S/c1-16(2)22(17-10-11-19-20(14-17)31-13-7-12-30-19)25-23(27)24-15-18-8-5-6-9-21(18)32(28,29)26(3)4/h5-6,8-11,14,16,22H,7,12-13,15H2,1-4H3,(H2,24,25,27). The maximum absolute atomic E-state index is 12.7. The minimum absolute atomic E-state index is 0.0844. The largest absolute Gasteiger partial charge is 0.490 e. The quantitative estimate of drug-likeness (QED) is 0.660. The molecule has 32 heavy (non-hydrogen) atoms. The first kappa shape index (κ1) is 23.9. The lowest BCUT2D eigenvalue weighted by atomic mass is 9.96. The van der Waals surface area contributed by atoms with Gasteiger partial charge in [0.05, 0.1) is 24.2 Å². The molecule has 8 nitrogen and oxygen atoms in total. The van der Waals surface area contributed by atoms with Crippen molar-refractivity contribution in [3.05, 3.63) is 53.6 Å². The van der Waals surface area contributed by atoms with Crippen LogP contribution in [0, 0.1) is 5.92 Å². The van der Waals surface area contributed by atoms with Crippen LogP contribution in [0.3, 0.4) is 0 Å². The van der Waals surface area contributed by atoms with Crippen molar-refractivity contribution in [3.8, 4) is 11.5 Å². The van der Waals surface area contributed by atoms with Gasteiger partial charge in [0, 0.05) is 27.1 Å². The van der Waals surface area contributed by atoms with Crippen LogP contribution in [0.2, 0.25) is 0 Å². The monoisotopic (exact) mass is 461 g/mol. The molecule has 2 N–H and O–H groups in total. The normalized spacial score (nSPS) is 14.7. The third-order valence-corrected chi connectivity index (χ3v) is 7.17. The van der Waals surface area contributed by atoms with Gasteiger partial charge in [-0.15, -0.1) is 0 Å². The number of hydrogen-bond acceptors (Lipinski definition) is 5. The van der Waals surface area contributed by atoms with Gasteiger partial charge in [-0.2, -0.15) is 0 Å². The Bertz CT molecular complexity index is 1050. The van der Waals surface area contributed by atoms with E-state index in [4.69, 9.17) is 9.47 Å². The highest BCUT2D eigenvalue weighted by atomic mass is 32.2. The smallest absolute Gasteiger partial charge is 0.315 e. The predicted octanol–water partition coefficient (Wildman–Crippen LogP) is 3.29. The molecule has 1 atom stereocenters. The molecule has 1 heterocycles. The van der Waals surface area contributed by atoms with Crippen molar-refractivity contribution < 1.29 is 22.7 Å². The van der Waals surface area contributed by atoms with Crippen LogP contribution in [0.15, 0.2) is 47.4 Å². The van der Waals surface area contributed by atoms with E-state index in [9.17, 15) is 13.2 Å². The van der Waals surface area contributed by atoms with E-state index in [-0.39, 0.29) is 29.4 Å². The van der Waals surface area contributed by atoms with Crippen LogP contribution in [0.25, 0.3) is 0 Å². The molecule has 0 spiro atoms. The Labute approximate surface area is 190 Å². The van der Waals surface area contributed by atoms with Crippen molar-refractivity contribution >= 4 is 16.1 Å². The fourth-order valence-corrected chi connectivity index (χ4v) is 4.59. The molecule has 1 unspecified atom stereocenters. The number of benzene rings is 2. The first-order valence-corrected chi connectivity index (χ1v) is 12.1. The highest BCUT2D eigenvalue weighted by Gasteiger charge is 2.23. The van der Waals surface area contributed by atoms with Crippen molar-refractivity contribution in [1.82, 2.24) is 14.9 Å². The van der Waals surface area contributed by atoms with Crippen molar-refractivity contribution in [2.24, 2.45) is 5.92 Å². The van der Waals surface area contributed by atoms with Gasteiger partial charge in [-0.25, -0.2) is 17.5 Å². The molecule has 174 valence electrons. The number of nitrogens with zero attached hydrogens (tertiary/aromatic N) is 1. The van der Waals surface area contributed by atoms with Crippen LogP contribution in [0.5, 0.6) is 11.5 Å². The highest BCUT2D eigenvalue weighted by Crippen LogP contribution is 2.34.